The van der Waals surface area contributed by atoms with E-state index in [2.05, 4.69) is 33.8 Å². The van der Waals surface area contributed by atoms with Crippen molar-refractivity contribution in [2.75, 3.05) is 18.0 Å². The Morgan fingerprint density at radius 1 is 1.23 bits per heavy atom. The number of rotatable bonds is 6. The fourth-order valence-corrected chi connectivity index (χ4v) is 4.04. The third kappa shape index (κ3) is 4.23. The van der Waals surface area contributed by atoms with Gasteiger partial charge < -0.3 is 9.64 Å². The zero-order valence-electron chi connectivity index (χ0n) is 16.0. The van der Waals surface area contributed by atoms with E-state index in [1.54, 1.807) is 4.68 Å². The van der Waals surface area contributed by atoms with Crippen LogP contribution in [0.1, 0.15) is 52.1 Å². The zero-order chi connectivity index (χ0) is 18.7. The van der Waals surface area contributed by atoms with Gasteiger partial charge in [-0.1, -0.05) is 6.92 Å². The Hall–Kier alpha value is -1.96. The largest absolute Gasteiger partial charge is 0.466 e. The number of aromatic nitrogens is 4. The molecule has 1 saturated heterocycles. The first-order chi connectivity index (χ1) is 12.5. The maximum absolute atomic E-state index is 7.98. The van der Waals surface area contributed by atoms with Gasteiger partial charge >= 0.3 is 0 Å². The van der Waals surface area contributed by atoms with E-state index < -0.39 is 0 Å². The number of nitrogens with zero attached hydrogens (tertiary/aromatic N) is 5. The first-order valence-corrected chi connectivity index (χ1v) is 10.2. The molecule has 0 bridgehead atoms. The van der Waals surface area contributed by atoms with Gasteiger partial charge in [0.05, 0.1) is 0 Å². The molecule has 1 aliphatic heterocycles. The molecule has 2 aromatic heterocycles. The molecule has 0 amide bonds. The Morgan fingerprint density at radius 2 is 1.88 bits per heavy atom. The molecule has 0 aliphatic carbocycles. The minimum Gasteiger partial charge on any atom is -0.466 e. The number of aryl methyl sites for hydroxylation is 1. The highest BCUT2D eigenvalue weighted by molar-refractivity contribution is 7.10. The van der Waals surface area contributed by atoms with Gasteiger partial charge in [0.1, 0.15) is 6.10 Å². The van der Waals surface area contributed by atoms with Crippen LogP contribution in [0.5, 0.6) is 5.19 Å². The minimum absolute atomic E-state index is 0.0895. The number of hydrogen-bond donors (Lipinski definition) is 1. The molecular weight excluding hydrogens is 348 g/mol. The standard InChI is InChI=1S/C18H28N6OS/c1-5-14-10-20-17(21-11-14)23-8-6-15(7-9-23)13(4)25-18-22-24(12(2)3)16(19)26-18/h10-13,15,19H,5-9H2,1-4H3/t13-/m1/s1. The van der Waals surface area contributed by atoms with Gasteiger partial charge in [0.15, 0.2) is 0 Å². The molecule has 2 aromatic rings. The maximum Gasteiger partial charge on any atom is 0.294 e. The van der Waals surface area contributed by atoms with Crippen molar-refractivity contribution in [1.82, 2.24) is 19.7 Å². The second-order valence-electron chi connectivity index (χ2n) is 7.10. The van der Waals surface area contributed by atoms with Crippen molar-refractivity contribution in [2.45, 2.75) is 59.1 Å². The van der Waals surface area contributed by atoms with Crippen LogP contribution in [0.15, 0.2) is 12.4 Å². The summed E-state index contributed by atoms with van der Waals surface area (Å²) in [6, 6.07) is 0.175. The molecule has 0 radical (unpaired) electrons. The molecule has 142 valence electrons. The number of ether oxygens (including phenoxy) is 1. The summed E-state index contributed by atoms with van der Waals surface area (Å²) >= 11 is 1.30. The first-order valence-electron chi connectivity index (χ1n) is 9.34. The molecule has 0 aromatic carbocycles. The fourth-order valence-electron chi connectivity index (χ4n) is 3.20. The summed E-state index contributed by atoms with van der Waals surface area (Å²) in [5.74, 6) is 1.30. The van der Waals surface area contributed by atoms with E-state index in [9.17, 15) is 0 Å². The average Bonchev–Trinajstić information content (AvgIpc) is 3.02. The summed E-state index contributed by atoms with van der Waals surface area (Å²) in [5, 5.41) is 13.0. The summed E-state index contributed by atoms with van der Waals surface area (Å²) in [7, 11) is 0. The predicted molar refractivity (Wildman–Crippen MR) is 103 cm³/mol. The summed E-state index contributed by atoms with van der Waals surface area (Å²) in [6.07, 6.45) is 6.99. The minimum atomic E-state index is 0.0895. The van der Waals surface area contributed by atoms with Crippen molar-refractivity contribution < 1.29 is 4.74 Å². The second-order valence-corrected chi connectivity index (χ2v) is 8.04. The third-order valence-corrected chi connectivity index (χ3v) is 5.68. The third-order valence-electron chi connectivity index (χ3n) is 4.94. The number of piperidine rings is 1. The molecule has 1 atom stereocenters. The zero-order valence-corrected chi connectivity index (χ0v) is 16.8. The predicted octanol–water partition coefficient (Wildman–Crippen LogP) is 3.04. The molecule has 0 spiro atoms. The molecule has 3 rings (SSSR count). The molecule has 7 nitrogen and oxygen atoms in total. The van der Waals surface area contributed by atoms with Crippen LogP contribution in [0.25, 0.3) is 0 Å². The molecule has 8 heteroatoms. The molecule has 1 N–H and O–H groups in total. The second kappa shape index (κ2) is 8.16. The molecule has 0 unspecified atom stereocenters. The van der Waals surface area contributed by atoms with Crippen molar-refractivity contribution in [3.8, 4) is 5.19 Å². The highest BCUT2D eigenvalue weighted by Gasteiger charge is 2.27. The average molecular weight is 377 g/mol. The van der Waals surface area contributed by atoms with Crippen molar-refractivity contribution in [3.63, 3.8) is 0 Å². The van der Waals surface area contributed by atoms with Crippen LogP contribution in [0.3, 0.4) is 0 Å². The van der Waals surface area contributed by atoms with Gasteiger partial charge in [0, 0.05) is 31.5 Å². The lowest BCUT2D eigenvalue weighted by Gasteiger charge is -2.34. The SMILES string of the molecule is CCc1cnc(N2CCC([C@@H](C)Oc3nn(C(C)C)c(=N)s3)CC2)nc1. The van der Waals surface area contributed by atoms with Gasteiger partial charge in [-0.2, -0.15) is 0 Å². The Balaban J connectivity index is 1.55. The van der Waals surface area contributed by atoms with Crippen LogP contribution in [0, 0.1) is 11.3 Å². The van der Waals surface area contributed by atoms with E-state index in [1.807, 2.05) is 26.2 Å². The topological polar surface area (TPSA) is 79.9 Å². The lowest BCUT2D eigenvalue weighted by molar-refractivity contribution is 0.130. The van der Waals surface area contributed by atoms with E-state index in [1.165, 1.54) is 16.9 Å². The molecular formula is C18H28N6OS. The molecule has 26 heavy (non-hydrogen) atoms. The van der Waals surface area contributed by atoms with E-state index in [0.717, 1.165) is 38.3 Å². The first kappa shape index (κ1) is 18.8. The summed E-state index contributed by atoms with van der Waals surface area (Å²) in [6.45, 7) is 10.2. The Bertz CT molecular complexity index is 761. The van der Waals surface area contributed by atoms with Crippen molar-refractivity contribution in [3.05, 3.63) is 22.8 Å². The van der Waals surface area contributed by atoms with Gasteiger partial charge in [0.25, 0.3) is 5.19 Å². The summed E-state index contributed by atoms with van der Waals surface area (Å²) in [5.41, 5.74) is 1.17. The molecule has 1 aliphatic rings. The highest BCUT2D eigenvalue weighted by atomic mass is 32.1. The van der Waals surface area contributed by atoms with Crippen LogP contribution in [-0.4, -0.2) is 38.9 Å². The van der Waals surface area contributed by atoms with Gasteiger partial charge in [-0.3, -0.25) is 5.41 Å². The van der Waals surface area contributed by atoms with E-state index in [4.69, 9.17) is 10.1 Å². The lowest BCUT2D eigenvalue weighted by Crippen LogP contribution is -2.39. The van der Waals surface area contributed by atoms with Crippen LogP contribution >= 0.6 is 11.3 Å². The van der Waals surface area contributed by atoms with Crippen molar-refractivity contribution in [1.29, 1.82) is 5.41 Å². The smallest absolute Gasteiger partial charge is 0.294 e. The van der Waals surface area contributed by atoms with Crippen LogP contribution < -0.4 is 14.4 Å². The normalized spacial score (nSPS) is 16.9. The highest BCUT2D eigenvalue weighted by Crippen LogP contribution is 2.26. The van der Waals surface area contributed by atoms with Gasteiger partial charge in [-0.25, -0.2) is 14.6 Å². The fraction of sp³-hybridized carbons (Fsp3) is 0.667. The van der Waals surface area contributed by atoms with Gasteiger partial charge in [-0.15, -0.1) is 5.10 Å². The van der Waals surface area contributed by atoms with Gasteiger partial charge in [-0.05, 0) is 62.9 Å². The van der Waals surface area contributed by atoms with E-state index in [0.29, 0.717) is 15.9 Å². The molecule has 0 saturated carbocycles. The molecule has 3 heterocycles. The Labute approximate surface area is 158 Å². The number of nitrogens with one attached hydrogen (secondary N) is 1. The lowest BCUT2D eigenvalue weighted by atomic mass is 9.92. The van der Waals surface area contributed by atoms with E-state index >= 15 is 0 Å². The van der Waals surface area contributed by atoms with E-state index in [-0.39, 0.29) is 12.1 Å². The number of hydrogen-bond acceptors (Lipinski definition) is 7. The monoisotopic (exact) mass is 376 g/mol. The quantitative estimate of drug-likeness (QED) is 0.838. The van der Waals surface area contributed by atoms with Crippen LogP contribution in [0.4, 0.5) is 5.95 Å². The number of anilines is 1. The summed E-state index contributed by atoms with van der Waals surface area (Å²) in [4.78, 5) is 11.7. The Morgan fingerprint density at radius 3 is 2.42 bits per heavy atom. The van der Waals surface area contributed by atoms with Crippen molar-refractivity contribution in [2.24, 2.45) is 5.92 Å². The maximum atomic E-state index is 7.98. The van der Waals surface area contributed by atoms with Gasteiger partial charge in [0.2, 0.25) is 10.7 Å². The Kier molecular flexibility index (Phi) is 5.90. The van der Waals surface area contributed by atoms with Crippen LogP contribution in [0.2, 0.25) is 0 Å². The van der Waals surface area contributed by atoms with Crippen LogP contribution in [-0.2, 0) is 6.42 Å². The van der Waals surface area contributed by atoms with Crippen molar-refractivity contribution >= 4 is 17.3 Å². The summed E-state index contributed by atoms with van der Waals surface area (Å²) < 4.78 is 7.75. The molecule has 1 fully saturated rings.